The summed E-state index contributed by atoms with van der Waals surface area (Å²) in [5.41, 5.74) is 7.32. The molecule has 6 heterocycles. The SMILES string of the molecule is CC.CN(C)C(=O)c1cc2cc(C3=CCCN(C(=O)CC4CCOCC4)C3)ccc2o1.CN(C)C(=O)c1cc2cc(C3=CCCN(C(=O)Cn4nnc5ccccc54)C3)ccc2o1. The molecule has 0 unspecified atom stereocenters. The van der Waals surface area contributed by atoms with E-state index in [-0.39, 0.29) is 30.2 Å². The third-order valence-corrected chi connectivity index (χ3v) is 11.5. The number of carbonyl (C=O) groups excluding carboxylic acids is 4. The highest BCUT2D eigenvalue weighted by Crippen LogP contribution is 2.30. The second-order valence-electron chi connectivity index (χ2n) is 16.3. The zero-order chi connectivity index (χ0) is 44.6. The first-order valence-corrected chi connectivity index (χ1v) is 21.8. The summed E-state index contributed by atoms with van der Waals surface area (Å²) in [6, 6.07) is 23.0. The fraction of sp³-hybridized carbons (Fsp3) is 0.388. The lowest BCUT2D eigenvalue weighted by Gasteiger charge is -2.30. The Labute approximate surface area is 367 Å². The Morgan fingerprint density at radius 1 is 0.683 bits per heavy atom. The summed E-state index contributed by atoms with van der Waals surface area (Å²) in [4.78, 5) is 57.0. The van der Waals surface area contributed by atoms with Crippen LogP contribution in [0.1, 0.15) is 78.2 Å². The van der Waals surface area contributed by atoms with E-state index < -0.39 is 0 Å². The molecule has 0 N–H and O–H groups in total. The summed E-state index contributed by atoms with van der Waals surface area (Å²) < 4.78 is 18.4. The number of para-hydroxylation sites is 1. The molecule has 3 aromatic heterocycles. The second kappa shape index (κ2) is 20.1. The fourth-order valence-corrected chi connectivity index (χ4v) is 8.06. The highest BCUT2D eigenvalue weighted by Gasteiger charge is 2.25. The van der Waals surface area contributed by atoms with E-state index in [0.29, 0.717) is 54.7 Å². The Hall–Kier alpha value is -6.54. The monoisotopic (exact) mass is 855 g/mol. The number of ether oxygens (including phenoxy) is 1. The van der Waals surface area contributed by atoms with Crippen LogP contribution in [0.2, 0.25) is 0 Å². The summed E-state index contributed by atoms with van der Waals surface area (Å²) >= 11 is 0. The Balaban J connectivity index is 0.000000183. The van der Waals surface area contributed by atoms with E-state index in [2.05, 4.69) is 22.5 Å². The first kappa shape index (κ1) is 44.5. The highest BCUT2D eigenvalue weighted by atomic mass is 16.5. The lowest BCUT2D eigenvalue weighted by Crippen LogP contribution is -2.37. The van der Waals surface area contributed by atoms with Gasteiger partial charge in [-0.15, -0.1) is 5.10 Å². The Morgan fingerprint density at radius 3 is 1.75 bits per heavy atom. The van der Waals surface area contributed by atoms with Crippen molar-refractivity contribution in [2.45, 2.75) is 52.5 Å². The van der Waals surface area contributed by atoms with E-state index in [0.717, 1.165) is 89.5 Å². The third-order valence-electron chi connectivity index (χ3n) is 11.5. The van der Waals surface area contributed by atoms with Crippen molar-refractivity contribution in [3.8, 4) is 0 Å². The molecule has 1 fully saturated rings. The number of furan rings is 2. The molecule has 0 radical (unpaired) electrons. The molecule has 6 aromatic rings. The van der Waals surface area contributed by atoms with Crippen LogP contribution in [0, 0.1) is 5.92 Å². The number of rotatable bonds is 8. The minimum atomic E-state index is -0.169. The third kappa shape index (κ3) is 10.4. The van der Waals surface area contributed by atoms with Crippen LogP contribution in [0.5, 0.6) is 0 Å². The topological polar surface area (TPSA) is 147 Å². The molecular weight excluding hydrogens is 799 g/mol. The molecule has 0 atom stereocenters. The summed E-state index contributed by atoms with van der Waals surface area (Å²) in [7, 11) is 6.81. The molecule has 9 rings (SSSR count). The van der Waals surface area contributed by atoms with Crippen molar-refractivity contribution >= 4 is 67.7 Å². The quantitative estimate of drug-likeness (QED) is 0.150. The number of hydrogen-bond acceptors (Lipinski definition) is 9. The van der Waals surface area contributed by atoms with E-state index >= 15 is 0 Å². The van der Waals surface area contributed by atoms with Crippen molar-refractivity contribution in [2.75, 3.05) is 67.6 Å². The van der Waals surface area contributed by atoms with Crippen LogP contribution >= 0.6 is 0 Å². The van der Waals surface area contributed by atoms with Crippen molar-refractivity contribution in [1.82, 2.24) is 34.6 Å². The number of nitrogens with zero attached hydrogens (tertiary/aromatic N) is 7. The maximum absolute atomic E-state index is 13.0. The predicted octanol–water partition coefficient (Wildman–Crippen LogP) is 7.79. The standard InChI is InChI=1S/C24H23N5O3.C23H28N2O4.C2H6/c1-27(2)24(31)22-13-18-12-16(9-10-21(18)32-22)17-6-5-11-28(14-17)23(30)15-29-20-8-4-3-7-19(20)25-26-29;1-24(2)23(27)21-14-19-13-17(5-6-20(19)29-21)18-4-3-9-25(15-18)22(26)12-16-7-10-28-11-8-16;1-2/h3-4,6-10,12-13H,5,11,14-15H2,1-2H3;4-6,13-14,16H,3,7-12,15H2,1-2H3;1-2H3. The number of hydrogen-bond donors (Lipinski definition) is 0. The Kier molecular flexibility index (Phi) is 14.2. The Bertz CT molecular complexity index is 2660. The van der Waals surface area contributed by atoms with Gasteiger partial charge in [0.2, 0.25) is 11.8 Å². The number of amides is 4. The van der Waals surface area contributed by atoms with Crippen LogP contribution in [0.4, 0.5) is 0 Å². The molecule has 0 spiro atoms. The number of benzene rings is 3. The van der Waals surface area contributed by atoms with E-state index in [1.807, 2.05) is 84.3 Å². The van der Waals surface area contributed by atoms with Crippen molar-refractivity contribution in [3.63, 3.8) is 0 Å². The van der Waals surface area contributed by atoms with Crippen molar-refractivity contribution < 1.29 is 32.7 Å². The average Bonchev–Trinajstić information content (AvgIpc) is 4.06. The molecule has 0 aliphatic carbocycles. The molecule has 3 aliphatic rings. The molecule has 63 heavy (non-hydrogen) atoms. The maximum Gasteiger partial charge on any atom is 0.289 e. The molecular formula is C49H57N7O7. The summed E-state index contributed by atoms with van der Waals surface area (Å²) in [6.07, 6.45) is 8.61. The highest BCUT2D eigenvalue weighted by molar-refractivity contribution is 5.97. The maximum atomic E-state index is 13.0. The second-order valence-corrected chi connectivity index (χ2v) is 16.3. The molecule has 0 saturated carbocycles. The zero-order valence-electron chi connectivity index (χ0n) is 37.1. The van der Waals surface area contributed by atoms with E-state index in [1.54, 1.807) is 45.0 Å². The van der Waals surface area contributed by atoms with Gasteiger partial charge in [-0.1, -0.05) is 55.5 Å². The van der Waals surface area contributed by atoms with Crippen LogP contribution < -0.4 is 0 Å². The molecule has 1 saturated heterocycles. The van der Waals surface area contributed by atoms with Crippen molar-refractivity contribution in [3.05, 3.63) is 108 Å². The van der Waals surface area contributed by atoms with Gasteiger partial charge in [0.25, 0.3) is 11.8 Å². The molecule has 3 aliphatic heterocycles. The normalized spacial score (nSPS) is 15.5. The minimum absolute atomic E-state index is 0.00880. The molecule has 14 nitrogen and oxygen atoms in total. The lowest BCUT2D eigenvalue weighted by atomic mass is 9.94. The molecule has 330 valence electrons. The van der Waals surface area contributed by atoms with Crippen LogP contribution in [0.25, 0.3) is 44.1 Å². The number of fused-ring (bicyclic) bond motifs is 3. The zero-order valence-corrected chi connectivity index (χ0v) is 37.1. The Morgan fingerprint density at radius 2 is 1.21 bits per heavy atom. The van der Waals surface area contributed by atoms with Gasteiger partial charge in [-0.05, 0) is 102 Å². The lowest BCUT2D eigenvalue weighted by molar-refractivity contribution is -0.132. The van der Waals surface area contributed by atoms with Gasteiger partial charge in [0.05, 0.1) is 5.52 Å². The minimum Gasteiger partial charge on any atom is -0.451 e. The smallest absolute Gasteiger partial charge is 0.289 e. The first-order chi connectivity index (χ1) is 30.5. The van der Waals surface area contributed by atoms with Crippen LogP contribution in [-0.2, 0) is 20.9 Å². The average molecular weight is 856 g/mol. The van der Waals surface area contributed by atoms with Gasteiger partial charge in [0.1, 0.15) is 23.2 Å². The van der Waals surface area contributed by atoms with E-state index in [9.17, 15) is 19.2 Å². The molecule has 3 aromatic carbocycles. The summed E-state index contributed by atoms with van der Waals surface area (Å²) in [6.45, 7) is 8.31. The number of carbonyl (C=O) groups is 4. The fourth-order valence-electron chi connectivity index (χ4n) is 8.06. The molecule has 0 bridgehead atoms. The number of aromatic nitrogens is 3. The van der Waals surface area contributed by atoms with E-state index in [4.69, 9.17) is 13.6 Å². The van der Waals surface area contributed by atoms with Gasteiger partial charge in [0, 0.05) is 84.8 Å². The molecule has 14 heteroatoms. The van der Waals surface area contributed by atoms with Gasteiger partial charge in [-0.25, -0.2) is 4.68 Å². The van der Waals surface area contributed by atoms with Gasteiger partial charge < -0.3 is 33.2 Å². The van der Waals surface area contributed by atoms with Crippen LogP contribution in [0.3, 0.4) is 0 Å². The summed E-state index contributed by atoms with van der Waals surface area (Å²) in [5.74, 6) is 1.03. The predicted molar refractivity (Wildman–Crippen MR) is 244 cm³/mol. The van der Waals surface area contributed by atoms with E-state index in [1.165, 1.54) is 9.80 Å². The van der Waals surface area contributed by atoms with Crippen molar-refractivity contribution in [1.29, 1.82) is 0 Å². The van der Waals surface area contributed by atoms with Gasteiger partial charge in [-0.2, -0.15) is 0 Å². The first-order valence-electron chi connectivity index (χ1n) is 21.8. The van der Waals surface area contributed by atoms with Crippen LogP contribution in [-0.4, -0.2) is 126 Å². The van der Waals surface area contributed by atoms with Crippen molar-refractivity contribution in [2.24, 2.45) is 5.92 Å². The van der Waals surface area contributed by atoms with Gasteiger partial charge in [-0.3, -0.25) is 19.2 Å². The van der Waals surface area contributed by atoms with Gasteiger partial charge >= 0.3 is 0 Å². The molecule has 4 amide bonds. The van der Waals surface area contributed by atoms with Crippen LogP contribution in [0.15, 0.2) is 93.8 Å². The van der Waals surface area contributed by atoms with Gasteiger partial charge in [0.15, 0.2) is 11.5 Å². The summed E-state index contributed by atoms with van der Waals surface area (Å²) in [5, 5.41) is 10.0. The largest absolute Gasteiger partial charge is 0.451 e.